The zero-order valence-corrected chi connectivity index (χ0v) is 11.3. The monoisotopic (exact) mass is 266 g/mol. The van der Waals surface area contributed by atoms with Gasteiger partial charge in [0.1, 0.15) is 11.6 Å². The van der Waals surface area contributed by atoms with Gasteiger partial charge in [0.2, 0.25) is 11.9 Å². The number of para-hydroxylation sites is 1. The van der Waals surface area contributed by atoms with Crippen LogP contribution < -0.4 is 5.73 Å². The maximum Gasteiger partial charge on any atom is 0.244 e. The first-order valence-corrected chi connectivity index (χ1v) is 5.94. The van der Waals surface area contributed by atoms with E-state index in [4.69, 9.17) is 17.3 Å². The van der Waals surface area contributed by atoms with E-state index in [0.717, 1.165) is 5.52 Å². The molecule has 1 unspecified atom stereocenters. The number of nitrogens with zero attached hydrogens (tertiary/aromatic N) is 3. The Morgan fingerprint density at radius 2 is 2.17 bits per heavy atom. The molecule has 2 aromatic rings. The number of rotatable bonds is 2. The van der Waals surface area contributed by atoms with Gasteiger partial charge in [0.15, 0.2) is 0 Å². The van der Waals surface area contributed by atoms with Crippen molar-refractivity contribution in [2.24, 2.45) is 0 Å². The number of amides is 1. The third kappa shape index (κ3) is 1.90. The van der Waals surface area contributed by atoms with Crippen LogP contribution in [0.5, 0.6) is 0 Å². The molecule has 0 fully saturated rings. The number of carbonyl (C=O) groups is 1. The maximum atomic E-state index is 12.0. The summed E-state index contributed by atoms with van der Waals surface area (Å²) in [7, 11) is 3.42. The lowest BCUT2D eigenvalue weighted by molar-refractivity contribution is -0.131. The molecule has 1 aromatic heterocycles. The number of hydrogen-bond donors (Lipinski definition) is 1. The van der Waals surface area contributed by atoms with Crippen LogP contribution in [0.4, 0.5) is 5.95 Å². The summed E-state index contributed by atoms with van der Waals surface area (Å²) in [5.74, 6) is 0.252. The number of imidazole rings is 1. The zero-order chi connectivity index (χ0) is 13.4. The minimum Gasteiger partial charge on any atom is -0.369 e. The van der Waals surface area contributed by atoms with Crippen molar-refractivity contribution in [1.29, 1.82) is 0 Å². The van der Waals surface area contributed by atoms with Crippen molar-refractivity contribution in [3.05, 3.63) is 23.2 Å². The van der Waals surface area contributed by atoms with Gasteiger partial charge in [-0.2, -0.15) is 0 Å². The van der Waals surface area contributed by atoms with Gasteiger partial charge in [0, 0.05) is 14.1 Å². The summed E-state index contributed by atoms with van der Waals surface area (Å²) in [6.45, 7) is 1.79. The Morgan fingerprint density at radius 3 is 2.78 bits per heavy atom. The second-order valence-electron chi connectivity index (χ2n) is 4.36. The minimum absolute atomic E-state index is 0.0408. The highest BCUT2D eigenvalue weighted by molar-refractivity contribution is 6.35. The number of nitrogen functional groups attached to an aromatic ring is 1. The van der Waals surface area contributed by atoms with Crippen molar-refractivity contribution in [3.8, 4) is 0 Å². The first-order valence-electron chi connectivity index (χ1n) is 5.56. The Bertz CT molecular complexity index is 605. The molecule has 1 aromatic carbocycles. The van der Waals surface area contributed by atoms with Crippen LogP contribution in [-0.2, 0) is 4.79 Å². The van der Waals surface area contributed by atoms with E-state index in [1.54, 1.807) is 31.7 Å². The van der Waals surface area contributed by atoms with Crippen molar-refractivity contribution in [2.45, 2.75) is 13.0 Å². The van der Waals surface area contributed by atoms with E-state index in [2.05, 4.69) is 4.98 Å². The lowest BCUT2D eigenvalue weighted by atomic mass is 10.2. The van der Waals surface area contributed by atoms with Gasteiger partial charge in [-0.1, -0.05) is 17.7 Å². The molecule has 2 N–H and O–H groups in total. The molecule has 1 heterocycles. The van der Waals surface area contributed by atoms with E-state index >= 15 is 0 Å². The molecule has 5 nitrogen and oxygen atoms in total. The molecule has 0 aliphatic rings. The second-order valence-corrected chi connectivity index (χ2v) is 4.76. The predicted molar refractivity (Wildman–Crippen MR) is 72.6 cm³/mol. The van der Waals surface area contributed by atoms with Crippen LogP contribution in [0.2, 0.25) is 5.02 Å². The van der Waals surface area contributed by atoms with Gasteiger partial charge in [-0.25, -0.2) is 4.98 Å². The van der Waals surface area contributed by atoms with Crippen LogP contribution in [0.1, 0.15) is 13.0 Å². The molecule has 6 heteroatoms. The Hall–Kier alpha value is -1.75. The van der Waals surface area contributed by atoms with Crippen LogP contribution in [0.25, 0.3) is 11.0 Å². The van der Waals surface area contributed by atoms with E-state index in [1.165, 1.54) is 4.90 Å². The molecule has 1 atom stereocenters. The normalized spacial score (nSPS) is 12.7. The quantitative estimate of drug-likeness (QED) is 0.903. The van der Waals surface area contributed by atoms with Crippen molar-refractivity contribution >= 4 is 34.5 Å². The average Bonchev–Trinajstić information content (AvgIpc) is 2.65. The molecule has 0 spiro atoms. The van der Waals surface area contributed by atoms with E-state index in [0.29, 0.717) is 16.5 Å². The van der Waals surface area contributed by atoms with Gasteiger partial charge in [-0.3, -0.25) is 9.36 Å². The number of carbonyl (C=O) groups excluding carboxylic acids is 1. The van der Waals surface area contributed by atoms with Gasteiger partial charge in [0.05, 0.1) is 10.5 Å². The molecule has 0 radical (unpaired) electrons. The summed E-state index contributed by atoms with van der Waals surface area (Å²) >= 11 is 6.06. The highest BCUT2D eigenvalue weighted by atomic mass is 35.5. The molecule has 96 valence electrons. The third-order valence-corrected chi connectivity index (χ3v) is 3.19. The lowest BCUT2D eigenvalue weighted by Gasteiger charge is -2.19. The zero-order valence-electron chi connectivity index (χ0n) is 10.5. The third-order valence-electron chi connectivity index (χ3n) is 2.88. The number of fused-ring (bicyclic) bond motifs is 1. The molecule has 1 amide bonds. The van der Waals surface area contributed by atoms with Gasteiger partial charge < -0.3 is 10.6 Å². The van der Waals surface area contributed by atoms with Crippen molar-refractivity contribution in [1.82, 2.24) is 14.5 Å². The number of likely N-dealkylation sites (N-methyl/N-ethyl adjacent to an activating group) is 1. The van der Waals surface area contributed by atoms with Crippen LogP contribution in [0.3, 0.4) is 0 Å². The van der Waals surface area contributed by atoms with Gasteiger partial charge in [-0.15, -0.1) is 0 Å². The Morgan fingerprint density at radius 1 is 1.50 bits per heavy atom. The highest BCUT2D eigenvalue weighted by Gasteiger charge is 2.22. The molecule has 0 saturated heterocycles. The summed E-state index contributed by atoms with van der Waals surface area (Å²) in [6.07, 6.45) is 0. The number of halogens is 1. The summed E-state index contributed by atoms with van der Waals surface area (Å²) in [4.78, 5) is 17.8. The minimum atomic E-state index is -0.413. The van der Waals surface area contributed by atoms with Crippen molar-refractivity contribution in [2.75, 3.05) is 19.8 Å². The number of hydrogen-bond acceptors (Lipinski definition) is 3. The van der Waals surface area contributed by atoms with Crippen LogP contribution in [0, 0.1) is 0 Å². The van der Waals surface area contributed by atoms with Crippen LogP contribution in [-0.4, -0.2) is 34.5 Å². The van der Waals surface area contributed by atoms with E-state index in [1.807, 2.05) is 12.1 Å². The van der Waals surface area contributed by atoms with E-state index in [9.17, 15) is 4.79 Å². The predicted octanol–water partition coefficient (Wildman–Crippen LogP) is 1.92. The first kappa shape index (κ1) is 12.7. The number of aromatic nitrogens is 2. The highest BCUT2D eigenvalue weighted by Crippen LogP contribution is 2.28. The molecular formula is C12H15ClN4O. The summed E-state index contributed by atoms with van der Waals surface area (Å²) < 4.78 is 1.70. The summed E-state index contributed by atoms with van der Waals surface area (Å²) in [5, 5.41) is 0.530. The Labute approximate surface area is 110 Å². The van der Waals surface area contributed by atoms with Crippen molar-refractivity contribution < 1.29 is 4.79 Å². The first-order chi connectivity index (χ1) is 8.43. The fourth-order valence-corrected chi connectivity index (χ4v) is 2.20. The SMILES string of the molecule is CC(C(=O)N(C)C)n1c(N)nc2c(Cl)cccc21. The fraction of sp³-hybridized carbons (Fsp3) is 0.333. The fourth-order valence-electron chi connectivity index (χ4n) is 1.99. The summed E-state index contributed by atoms with van der Waals surface area (Å²) in [6, 6.07) is 5.00. The molecule has 0 aliphatic heterocycles. The van der Waals surface area contributed by atoms with E-state index < -0.39 is 6.04 Å². The molecule has 2 rings (SSSR count). The Kier molecular flexibility index (Phi) is 3.17. The second kappa shape index (κ2) is 4.49. The molecule has 0 saturated carbocycles. The molecular weight excluding hydrogens is 252 g/mol. The Balaban J connectivity index is 2.61. The van der Waals surface area contributed by atoms with Crippen LogP contribution in [0.15, 0.2) is 18.2 Å². The van der Waals surface area contributed by atoms with Crippen molar-refractivity contribution in [3.63, 3.8) is 0 Å². The number of benzene rings is 1. The standard InChI is InChI=1S/C12H15ClN4O/c1-7(11(18)16(2)3)17-9-6-4-5-8(13)10(9)15-12(17)14/h4-7H,1-3H3,(H2,14,15). The maximum absolute atomic E-state index is 12.0. The summed E-state index contributed by atoms with van der Waals surface area (Å²) in [5.41, 5.74) is 7.27. The lowest BCUT2D eigenvalue weighted by Crippen LogP contribution is -2.30. The molecule has 0 aliphatic carbocycles. The molecule has 18 heavy (non-hydrogen) atoms. The number of nitrogens with two attached hydrogens (primary N) is 1. The van der Waals surface area contributed by atoms with E-state index in [-0.39, 0.29) is 5.91 Å². The van der Waals surface area contributed by atoms with Crippen LogP contribution >= 0.6 is 11.6 Å². The average molecular weight is 267 g/mol. The van der Waals surface area contributed by atoms with Gasteiger partial charge in [0.25, 0.3) is 0 Å². The molecule has 0 bridgehead atoms. The smallest absolute Gasteiger partial charge is 0.244 e. The van der Waals surface area contributed by atoms with Gasteiger partial charge in [-0.05, 0) is 19.1 Å². The van der Waals surface area contributed by atoms with Gasteiger partial charge >= 0.3 is 0 Å². The topological polar surface area (TPSA) is 64.2 Å². The largest absolute Gasteiger partial charge is 0.369 e. The number of anilines is 1.